The summed E-state index contributed by atoms with van der Waals surface area (Å²) >= 11 is 7.91. The minimum atomic E-state index is 0.0286. The van der Waals surface area contributed by atoms with Gasteiger partial charge < -0.3 is 11.1 Å². The van der Waals surface area contributed by atoms with Crippen LogP contribution in [0.1, 0.15) is 33.1 Å². The molecule has 0 spiro atoms. The molecule has 1 amide bonds. The third-order valence-electron chi connectivity index (χ3n) is 3.42. The number of carbonyl (C=O) groups is 1. The molecule has 2 rings (SSSR count). The van der Waals surface area contributed by atoms with Crippen molar-refractivity contribution in [1.82, 2.24) is 0 Å². The van der Waals surface area contributed by atoms with Crippen LogP contribution in [0.25, 0.3) is 0 Å². The predicted molar refractivity (Wildman–Crippen MR) is 86.4 cm³/mol. The van der Waals surface area contributed by atoms with Crippen LogP contribution < -0.4 is 11.1 Å². The van der Waals surface area contributed by atoms with Crippen molar-refractivity contribution in [1.29, 1.82) is 0 Å². The zero-order valence-corrected chi connectivity index (χ0v) is 13.4. The van der Waals surface area contributed by atoms with E-state index < -0.39 is 0 Å². The lowest BCUT2D eigenvalue weighted by Crippen LogP contribution is -2.23. The Balaban J connectivity index is 2.12. The maximum Gasteiger partial charge on any atom is 0.227 e. The normalized spacial score (nSPS) is 22.2. The van der Waals surface area contributed by atoms with E-state index in [4.69, 9.17) is 17.3 Å². The third kappa shape index (κ3) is 3.90. The van der Waals surface area contributed by atoms with Crippen molar-refractivity contribution in [3.63, 3.8) is 0 Å². The van der Waals surface area contributed by atoms with Crippen LogP contribution in [-0.4, -0.2) is 17.2 Å². The van der Waals surface area contributed by atoms with Crippen LogP contribution in [0.15, 0.2) is 23.1 Å². The SMILES string of the molecule is CC(C)Sc1c(Cl)cccc1NC(=O)C1CCC(N)C1. The van der Waals surface area contributed by atoms with Gasteiger partial charge in [-0.3, -0.25) is 4.79 Å². The summed E-state index contributed by atoms with van der Waals surface area (Å²) in [4.78, 5) is 13.2. The zero-order valence-electron chi connectivity index (χ0n) is 11.9. The van der Waals surface area contributed by atoms with Crippen molar-refractivity contribution in [3.05, 3.63) is 23.2 Å². The monoisotopic (exact) mass is 312 g/mol. The first-order valence-electron chi connectivity index (χ1n) is 6.99. The van der Waals surface area contributed by atoms with Gasteiger partial charge in [-0.2, -0.15) is 0 Å². The van der Waals surface area contributed by atoms with Crippen LogP contribution in [0.3, 0.4) is 0 Å². The minimum Gasteiger partial charge on any atom is -0.328 e. The summed E-state index contributed by atoms with van der Waals surface area (Å²) in [6.07, 6.45) is 2.58. The van der Waals surface area contributed by atoms with Gasteiger partial charge in [0.15, 0.2) is 0 Å². The molecule has 0 bridgehead atoms. The Morgan fingerprint density at radius 2 is 2.20 bits per heavy atom. The fourth-order valence-corrected chi connectivity index (χ4v) is 3.66. The summed E-state index contributed by atoms with van der Waals surface area (Å²) in [5.74, 6) is 0.0895. The van der Waals surface area contributed by atoms with Gasteiger partial charge in [0.25, 0.3) is 0 Å². The molecule has 1 fully saturated rings. The Kier molecular flexibility index (Phi) is 5.35. The third-order valence-corrected chi connectivity index (χ3v) is 5.00. The van der Waals surface area contributed by atoms with Gasteiger partial charge in [0, 0.05) is 22.1 Å². The number of hydrogen-bond donors (Lipinski definition) is 2. The number of anilines is 1. The molecule has 3 N–H and O–H groups in total. The number of nitrogens with one attached hydrogen (secondary N) is 1. The Labute approximate surface area is 129 Å². The molecular weight excluding hydrogens is 292 g/mol. The first-order valence-corrected chi connectivity index (χ1v) is 8.24. The van der Waals surface area contributed by atoms with E-state index in [-0.39, 0.29) is 17.9 Å². The number of nitrogens with two attached hydrogens (primary N) is 1. The fraction of sp³-hybridized carbons (Fsp3) is 0.533. The molecule has 1 aromatic rings. The second-order valence-electron chi connectivity index (χ2n) is 5.54. The smallest absolute Gasteiger partial charge is 0.227 e. The van der Waals surface area contributed by atoms with E-state index >= 15 is 0 Å². The summed E-state index contributed by atoms with van der Waals surface area (Å²) in [5, 5.41) is 4.11. The highest BCUT2D eigenvalue weighted by Gasteiger charge is 2.28. The average molecular weight is 313 g/mol. The van der Waals surface area contributed by atoms with Crippen LogP contribution in [0, 0.1) is 5.92 Å². The van der Waals surface area contributed by atoms with E-state index in [1.54, 1.807) is 11.8 Å². The van der Waals surface area contributed by atoms with Crippen molar-refractivity contribution in [3.8, 4) is 0 Å². The van der Waals surface area contributed by atoms with Crippen LogP contribution in [0.4, 0.5) is 5.69 Å². The average Bonchev–Trinajstić information content (AvgIpc) is 2.80. The lowest BCUT2D eigenvalue weighted by atomic mass is 10.1. The largest absolute Gasteiger partial charge is 0.328 e. The Morgan fingerprint density at radius 1 is 1.45 bits per heavy atom. The van der Waals surface area contributed by atoms with Gasteiger partial charge in [0.05, 0.1) is 10.7 Å². The van der Waals surface area contributed by atoms with E-state index in [9.17, 15) is 4.79 Å². The molecule has 2 atom stereocenters. The summed E-state index contributed by atoms with van der Waals surface area (Å²) in [6.45, 7) is 4.21. The summed E-state index contributed by atoms with van der Waals surface area (Å²) in [6, 6.07) is 5.79. The van der Waals surface area contributed by atoms with Gasteiger partial charge in [-0.15, -0.1) is 11.8 Å². The van der Waals surface area contributed by atoms with E-state index in [0.29, 0.717) is 10.3 Å². The van der Waals surface area contributed by atoms with E-state index in [1.807, 2.05) is 18.2 Å². The molecule has 0 aromatic heterocycles. The molecule has 1 aromatic carbocycles. The zero-order chi connectivity index (χ0) is 14.7. The molecule has 1 saturated carbocycles. The molecule has 110 valence electrons. The molecule has 0 radical (unpaired) electrons. The molecule has 2 unspecified atom stereocenters. The molecule has 5 heteroatoms. The van der Waals surface area contributed by atoms with Gasteiger partial charge in [-0.1, -0.05) is 31.5 Å². The molecule has 0 heterocycles. The maximum atomic E-state index is 12.3. The highest BCUT2D eigenvalue weighted by Crippen LogP contribution is 2.37. The first kappa shape index (κ1) is 15.7. The van der Waals surface area contributed by atoms with Crippen molar-refractivity contribution in [2.75, 3.05) is 5.32 Å². The topological polar surface area (TPSA) is 55.1 Å². The van der Waals surface area contributed by atoms with Crippen molar-refractivity contribution in [2.24, 2.45) is 11.7 Å². The lowest BCUT2D eigenvalue weighted by Gasteiger charge is -2.16. The highest BCUT2D eigenvalue weighted by molar-refractivity contribution is 8.00. The van der Waals surface area contributed by atoms with Gasteiger partial charge in [0.1, 0.15) is 0 Å². The number of thioether (sulfide) groups is 1. The molecule has 1 aliphatic rings. The van der Waals surface area contributed by atoms with Crippen molar-refractivity contribution < 1.29 is 4.79 Å². The fourth-order valence-electron chi connectivity index (χ4n) is 2.45. The number of rotatable bonds is 4. The molecule has 20 heavy (non-hydrogen) atoms. The van der Waals surface area contributed by atoms with Gasteiger partial charge in [-0.05, 0) is 31.4 Å². The van der Waals surface area contributed by atoms with E-state index in [0.717, 1.165) is 29.8 Å². The molecule has 0 aliphatic heterocycles. The molecule has 1 aliphatic carbocycles. The van der Waals surface area contributed by atoms with E-state index in [1.165, 1.54) is 0 Å². The second-order valence-corrected chi connectivity index (χ2v) is 7.54. The predicted octanol–water partition coefficient (Wildman–Crippen LogP) is 3.91. The Bertz CT molecular complexity index is 493. The summed E-state index contributed by atoms with van der Waals surface area (Å²) in [5.41, 5.74) is 6.68. The van der Waals surface area contributed by atoms with Crippen LogP contribution in [0.2, 0.25) is 5.02 Å². The summed E-state index contributed by atoms with van der Waals surface area (Å²) < 4.78 is 0. The minimum absolute atomic E-state index is 0.0286. The molecule has 0 saturated heterocycles. The highest BCUT2D eigenvalue weighted by atomic mass is 35.5. The van der Waals surface area contributed by atoms with Crippen LogP contribution >= 0.6 is 23.4 Å². The number of amides is 1. The molecule has 3 nitrogen and oxygen atoms in total. The summed E-state index contributed by atoms with van der Waals surface area (Å²) in [7, 11) is 0. The van der Waals surface area contributed by atoms with Crippen LogP contribution in [-0.2, 0) is 4.79 Å². The number of halogens is 1. The van der Waals surface area contributed by atoms with Gasteiger partial charge in [0.2, 0.25) is 5.91 Å². The Morgan fingerprint density at radius 3 is 2.80 bits per heavy atom. The van der Waals surface area contributed by atoms with Gasteiger partial charge in [-0.25, -0.2) is 0 Å². The first-order chi connectivity index (χ1) is 9.47. The van der Waals surface area contributed by atoms with Crippen LogP contribution in [0.5, 0.6) is 0 Å². The Hall–Kier alpha value is -0.710. The standard InChI is InChI=1S/C15H21ClN2OS/c1-9(2)20-14-12(16)4-3-5-13(14)18-15(19)10-6-7-11(17)8-10/h3-5,9-11H,6-8,17H2,1-2H3,(H,18,19). The number of carbonyl (C=O) groups excluding carboxylic acids is 1. The number of hydrogen-bond acceptors (Lipinski definition) is 3. The number of benzene rings is 1. The van der Waals surface area contributed by atoms with Gasteiger partial charge >= 0.3 is 0 Å². The quantitative estimate of drug-likeness (QED) is 0.829. The maximum absolute atomic E-state index is 12.3. The van der Waals surface area contributed by atoms with Crippen molar-refractivity contribution in [2.45, 2.75) is 49.3 Å². The molecular formula is C15H21ClN2OS. The second kappa shape index (κ2) is 6.83. The lowest BCUT2D eigenvalue weighted by molar-refractivity contribution is -0.119. The van der Waals surface area contributed by atoms with E-state index in [2.05, 4.69) is 19.2 Å². The van der Waals surface area contributed by atoms with Crippen molar-refractivity contribution >= 4 is 35.0 Å².